The van der Waals surface area contributed by atoms with Crippen LogP contribution in [0.4, 0.5) is 0 Å². The largest absolute Gasteiger partial charge is 0.387 e. The molecule has 0 saturated heterocycles. The van der Waals surface area contributed by atoms with Crippen molar-refractivity contribution in [2.75, 3.05) is 7.05 Å². The van der Waals surface area contributed by atoms with Crippen molar-refractivity contribution < 1.29 is 0 Å². The number of rotatable bonds is 9. The molecule has 0 aromatic carbocycles. The molecule has 4 aliphatic carbocycles. The van der Waals surface area contributed by atoms with E-state index in [0.29, 0.717) is 5.41 Å². The van der Waals surface area contributed by atoms with Gasteiger partial charge in [-0.3, -0.25) is 0 Å². The van der Waals surface area contributed by atoms with Gasteiger partial charge in [-0.25, -0.2) is 0 Å². The van der Waals surface area contributed by atoms with Crippen molar-refractivity contribution in [2.45, 2.75) is 85.5 Å². The maximum atomic E-state index is 3.74. The molecule has 0 atom stereocenters. The number of likely N-dealkylation sites (N-methyl/N-ethyl adjacent to an activating group) is 1. The molecule has 0 aliphatic heterocycles. The van der Waals surface area contributed by atoms with E-state index in [1.54, 1.807) is 5.57 Å². The Morgan fingerprint density at radius 2 is 1.89 bits per heavy atom. The zero-order valence-corrected chi connectivity index (χ0v) is 23.2. The number of hydrogen-bond donors (Lipinski definition) is 1. The fourth-order valence-electron chi connectivity index (χ4n) is 5.69. The fraction of sp³-hybridized carbons (Fsp3) is 0.429. The first kappa shape index (κ1) is 26.3. The molecule has 1 saturated carbocycles. The maximum absolute atomic E-state index is 3.74. The van der Waals surface area contributed by atoms with Crippen LogP contribution in [0.15, 0.2) is 117 Å². The van der Waals surface area contributed by atoms with Crippen LogP contribution in [-0.2, 0) is 0 Å². The lowest BCUT2D eigenvalue weighted by atomic mass is 9.86. The molecule has 0 unspecified atom stereocenters. The molecule has 4 aliphatic rings. The predicted molar refractivity (Wildman–Crippen MR) is 158 cm³/mol. The lowest BCUT2D eigenvalue weighted by Crippen LogP contribution is -2.16. The van der Waals surface area contributed by atoms with Gasteiger partial charge in [0.15, 0.2) is 0 Å². The molecule has 0 bridgehead atoms. The average Bonchev–Trinajstić information content (AvgIpc) is 3.70. The molecule has 0 heterocycles. The summed E-state index contributed by atoms with van der Waals surface area (Å²) >= 11 is 0. The van der Waals surface area contributed by atoms with Crippen LogP contribution >= 0.6 is 0 Å². The van der Waals surface area contributed by atoms with E-state index in [1.807, 2.05) is 0 Å². The summed E-state index contributed by atoms with van der Waals surface area (Å²) in [4.78, 5) is 0. The minimum absolute atomic E-state index is 0.485. The van der Waals surface area contributed by atoms with Crippen LogP contribution in [0.3, 0.4) is 0 Å². The van der Waals surface area contributed by atoms with Crippen molar-refractivity contribution in [3.8, 4) is 0 Å². The number of allylic oxidation sites excluding steroid dienone is 19. The minimum Gasteiger partial charge on any atom is -0.387 e. The van der Waals surface area contributed by atoms with Gasteiger partial charge in [-0.1, -0.05) is 93.0 Å². The molecular formula is C35H45N. The van der Waals surface area contributed by atoms with Gasteiger partial charge < -0.3 is 5.32 Å². The van der Waals surface area contributed by atoms with E-state index in [-0.39, 0.29) is 0 Å². The van der Waals surface area contributed by atoms with Gasteiger partial charge >= 0.3 is 0 Å². The Labute approximate surface area is 220 Å². The smallest absolute Gasteiger partial charge is 0.0449 e. The minimum atomic E-state index is 0.485. The summed E-state index contributed by atoms with van der Waals surface area (Å²) in [7, 11) is 2.13. The predicted octanol–water partition coefficient (Wildman–Crippen LogP) is 9.69. The van der Waals surface area contributed by atoms with E-state index in [1.165, 1.54) is 76.8 Å². The Bertz CT molecular complexity index is 1160. The summed E-state index contributed by atoms with van der Waals surface area (Å²) in [6.45, 7) is 9.14. The third-order valence-corrected chi connectivity index (χ3v) is 8.30. The van der Waals surface area contributed by atoms with Crippen molar-refractivity contribution in [1.29, 1.82) is 0 Å². The van der Waals surface area contributed by atoms with Crippen LogP contribution in [0.5, 0.6) is 0 Å². The molecule has 0 spiro atoms. The fourth-order valence-corrected chi connectivity index (χ4v) is 5.69. The van der Waals surface area contributed by atoms with Crippen LogP contribution in [0.2, 0.25) is 0 Å². The van der Waals surface area contributed by atoms with E-state index >= 15 is 0 Å². The van der Waals surface area contributed by atoms with E-state index in [2.05, 4.69) is 107 Å². The Morgan fingerprint density at radius 1 is 1.08 bits per heavy atom. The average molecular weight is 480 g/mol. The molecule has 0 aromatic heterocycles. The van der Waals surface area contributed by atoms with Crippen molar-refractivity contribution in [3.05, 3.63) is 117 Å². The topological polar surface area (TPSA) is 12.0 Å². The zero-order chi connectivity index (χ0) is 25.5. The highest BCUT2D eigenvalue weighted by molar-refractivity contribution is 5.62. The monoisotopic (exact) mass is 479 g/mol. The third-order valence-electron chi connectivity index (χ3n) is 8.30. The van der Waals surface area contributed by atoms with Crippen LogP contribution in [-0.4, -0.2) is 7.05 Å². The molecule has 36 heavy (non-hydrogen) atoms. The highest BCUT2D eigenvalue weighted by atomic mass is 14.8. The molecule has 1 heteroatoms. The number of nitrogens with one attached hydrogen (secondary N) is 1. The summed E-state index contributed by atoms with van der Waals surface area (Å²) < 4.78 is 0. The van der Waals surface area contributed by atoms with Crippen molar-refractivity contribution in [3.63, 3.8) is 0 Å². The standard InChI is InChI=1S/C35H45N/c1-6-8-10-17-30-24-29-18-11-9-12-19-31(29)32(23-27(4)28-16-14-13-15-26(3)22-28)34(36-5)33(30)25-35(7-2)20-21-35/h9-15,17-18,22-23,36H,6-8,16,19-21,24-25H2,1-5H3/b17-10-,27-23+. The van der Waals surface area contributed by atoms with Crippen molar-refractivity contribution in [2.24, 2.45) is 5.41 Å². The molecule has 1 fully saturated rings. The molecule has 190 valence electrons. The van der Waals surface area contributed by atoms with Gasteiger partial charge in [-0.15, -0.1) is 0 Å². The first-order valence-electron chi connectivity index (χ1n) is 14.1. The summed E-state index contributed by atoms with van der Waals surface area (Å²) in [5.74, 6) is 0. The van der Waals surface area contributed by atoms with Gasteiger partial charge in [0.25, 0.3) is 0 Å². The van der Waals surface area contributed by atoms with E-state index < -0.39 is 0 Å². The summed E-state index contributed by atoms with van der Waals surface area (Å²) in [5, 5.41) is 3.74. The Hall–Kier alpha value is -2.80. The number of hydrogen-bond acceptors (Lipinski definition) is 1. The van der Waals surface area contributed by atoms with Crippen molar-refractivity contribution >= 4 is 0 Å². The molecule has 0 aromatic rings. The van der Waals surface area contributed by atoms with Crippen LogP contribution in [0, 0.1) is 5.41 Å². The van der Waals surface area contributed by atoms with E-state index in [9.17, 15) is 0 Å². The Morgan fingerprint density at radius 3 is 2.61 bits per heavy atom. The Kier molecular flexibility index (Phi) is 8.72. The third kappa shape index (κ3) is 6.12. The second kappa shape index (κ2) is 12.0. The highest BCUT2D eigenvalue weighted by Crippen LogP contribution is 2.55. The van der Waals surface area contributed by atoms with Gasteiger partial charge in [0, 0.05) is 18.3 Å². The first-order valence-corrected chi connectivity index (χ1v) is 14.1. The molecule has 4 rings (SSSR count). The van der Waals surface area contributed by atoms with Gasteiger partial charge in [0.1, 0.15) is 0 Å². The normalized spacial score (nSPS) is 21.9. The molecule has 1 N–H and O–H groups in total. The van der Waals surface area contributed by atoms with Gasteiger partial charge in [0.2, 0.25) is 0 Å². The summed E-state index contributed by atoms with van der Waals surface area (Å²) in [6, 6.07) is 0. The van der Waals surface area contributed by atoms with E-state index in [0.717, 1.165) is 25.7 Å². The SMILES string of the molecule is CCC/C=C\C1=C(CC2(CC)CC2)C(NC)=C(/C=C(\C)C2=CC(C)=CC=CC2)C2=C(C=CC=CC2)C1. The lowest BCUT2D eigenvalue weighted by Gasteiger charge is -2.23. The van der Waals surface area contributed by atoms with Crippen LogP contribution in [0.25, 0.3) is 0 Å². The second-order valence-electron chi connectivity index (χ2n) is 11.0. The van der Waals surface area contributed by atoms with Crippen LogP contribution in [0.1, 0.15) is 85.5 Å². The highest BCUT2D eigenvalue weighted by Gasteiger charge is 2.42. The van der Waals surface area contributed by atoms with Gasteiger partial charge in [0.05, 0.1) is 0 Å². The van der Waals surface area contributed by atoms with Gasteiger partial charge in [-0.05, 0) is 104 Å². The maximum Gasteiger partial charge on any atom is 0.0449 e. The zero-order valence-electron chi connectivity index (χ0n) is 23.2. The first-order chi connectivity index (χ1) is 17.5. The van der Waals surface area contributed by atoms with Gasteiger partial charge in [-0.2, -0.15) is 0 Å². The quantitative estimate of drug-likeness (QED) is 0.347. The summed E-state index contributed by atoms with van der Waals surface area (Å²) in [6.07, 6.45) is 36.0. The molecule has 0 amide bonds. The second-order valence-corrected chi connectivity index (χ2v) is 11.0. The molecular weight excluding hydrogens is 434 g/mol. The van der Waals surface area contributed by atoms with Crippen LogP contribution < -0.4 is 5.32 Å². The molecule has 0 radical (unpaired) electrons. The van der Waals surface area contributed by atoms with Crippen molar-refractivity contribution in [1.82, 2.24) is 5.32 Å². The molecule has 1 nitrogen and oxygen atoms in total. The lowest BCUT2D eigenvalue weighted by molar-refractivity contribution is 0.484. The Balaban J connectivity index is 1.92. The number of unbranched alkanes of at least 4 members (excludes halogenated alkanes) is 1. The van der Waals surface area contributed by atoms with E-state index in [4.69, 9.17) is 0 Å². The summed E-state index contributed by atoms with van der Waals surface area (Å²) in [5.41, 5.74) is 13.3.